The van der Waals surface area contributed by atoms with E-state index in [0.29, 0.717) is 28.4 Å². The van der Waals surface area contributed by atoms with Crippen LogP contribution in [0.3, 0.4) is 0 Å². The average Bonchev–Trinajstić information content (AvgIpc) is 3.08. The molecular weight excluding hydrogens is 380 g/mol. The predicted octanol–water partition coefficient (Wildman–Crippen LogP) is 4.88. The lowest BCUT2D eigenvalue weighted by Crippen LogP contribution is -2.11. The number of benzene rings is 3. The number of hydrogen-bond acceptors (Lipinski definition) is 5. The Morgan fingerprint density at radius 2 is 1.80 bits per heavy atom. The fourth-order valence-corrected chi connectivity index (χ4v) is 3.30. The van der Waals surface area contributed by atoms with Crippen LogP contribution in [0.2, 0.25) is 0 Å². The SMILES string of the molecule is COc1cccc(/C=C2\Oc3cc(OCC(=O)c4ccccc4)cc(C)c3C2=O)c1. The van der Waals surface area contributed by atoms with Crippen molar-refractivity contribution in [1.29, 1.82) is 0 Å². The maximum Gasteiger partial charge on any atom is 0.232 e. The Balaban J connectivity index is 1.53. The van der Waals surface area contributed by atoms with Crippen LogP contribution < -0.4 is 14.2 Å². The van der Waals surface area contributed by atoms with Gasteiger partial charge in [0.15, 0.2) is 18.1 Å². The van der Waals surface area contributed by atoms with Gasteiger partial charge in [-0.2, -0.15) is 0 Å². The van der Waals surface area contributed by atoms with Crippen molar-refractivity contribution in [2.75, 3.05) is 13.7 Å². The summed E-state index contributed by atoms with van der Waals surface area (Å²) in [6, 6.07) is 19.7. The Bertz CT molecular complexity index is 1150. The summed E-state index contributed by atoms with van der Waals surface area (Å²) >= 11 is 0. The van der Waals surface area contributed by atoms with Crippen molar-refractivity contribution in [3.05, 3.63) is 94.7 Å². The second kappa shape index (κ2) is 8.25. The van der Waals surface area contributed by atoms with Crippen molar-refractivity contribution in [3.8, 4) is 17.2 Å². The Hall–Kier alpha value is -3.86. The van der Waals surface area contributed by atoms with Crippen molar-refractivity contribution in [3.63, 3.8) is 0 Å². The summed E-state index contributed by atoms with van der Waals surface area (Å²) in [5, 5.41) is 0. The summed E-state index contributed by atoms with van der Waals surface area (Å²) in [6.45, 7) is 1.73. The van der Waals surface area contributed by atoms with E-state index in [0.717, 1.165) is 11.1 Å². The van der Waals surface area contributed by atoms with Crippen LogP contribution in [0.1, 0.15) is 31.8 Å². The molecule has 0 atom stereocenters. The quantitative estimate of drug-likeness (QED) is 0.436. The summed E-state index contributed by atoms with van der Waals surface area (Å²) < 4.78 is 16.7. The number of fused-ring (bicyclic) bond motifs is 1. The van der Waals surface area contributed by atoms with Crippen LogP contribution in [-0.2, 0) is 0 Å². The molecule has 0 aliphatic carbocycles. The molecule has 0 saturated carbocycles. The molecule has 0 aromatic heterocycles. The molecule has 0 amide bonds. The second-order valence-electron chi connectivity index (χ2n) is 6.91. The van der Waals surface area contributed by atoms with E-state index in [1.165, 1.54) is 0 Å². The van der Waals surface area contributed by atoms with Gasteiger partial charge >= 0.3 is 0 Å². The Kier molecular flexibility index (Phi) is 5.35. The van der Waals surface area contributed by atoms with E-state index in [1.54, 1.807) is 37.5 Å². The topological polar surface area (TPSA) is 61.8 Å². The highest BCUT2D eigenvalue weighted by Crippen LogP contribution is 2.37. The molecule has 0 N–H and O–H groups in total. The predicted molar refractivity (Wildman–Crippen MR) is 113 cm³/mol. The van der Waals surface area contributed by atoms with Crippen LogP contribution in [-0.4, -0.2) is 25.3 Å². The molecule has 0 saturated heterocycles. The van der Waals surface area contributed by atoms with Gasteiger partial charge in [-0.05, 0) is 42.3 Å². The highest BCUT2D eigenvalue weighted by Gasteiger charge is 2.30. The highest BCUT2D eigenvalue weighted by molar-refractivity contribution is 6.15. The van der Waals surface area contributed by atoms with Gasteiger partial charge in [-0.3, -0.25) is 9.59 Å². The molecule has 5 heteroatoms. The summed E-state index contributed by atoms with van der Waals surface area (Å²) in [5.41, 5.74) is 2.62. The number of Topliss-reactive ketones (excluding diaryl/α,β-unsaturated/α-hetero) is 2. The van der Waals surface area contributed by atoms with Gasteiger partial charge in [0.1, 0.15) is 17.2 Å². The molecule has 0 bridgehead atoms. The van der Waals surface area contributed by atoms with E-state index in [4.69, 9.17) is 14.2 Å². The van der Waals surface area contributed by atoms with Gasteiger partial charge < -0.3 is 14.2 Å². The van der Waals surface area contributed by atoms with Crippen LogP contribution in [0, 0.1) is 6.92 Å². The summed E-state index contributed by atoms with van der Waals surface area (Å²) in [5.74, 6) is 1.53. The van der Waals surface area contributed by atoms with Gasteiger partial charge in [0.05, 0.1) is 12.7 Å². The fraction of sp³-hybridized carbons (Fsp3) is 0.120. The fourth-order valence-electron chi connectivity index (χ4n) is 3.30. The normalized spacial score (nSPS) is 13.7. The average molecular weight is 400 g/mol. The number of carbonyl (C=O) groups excluding carboxylic acids is 2. The lowest BCUT2D eigenvalue weighted by molar-refractivity contribution is 0.0920. The molecule has 1 aliphatic rings. The molecule has 0 radical (unpaired) electrons. The van der Waals surface area contributed by atoms with Crippen LogP contribution in [0.15, 0.2) is 72.5 Å². The first-order valence-electron chi connectivity index (χ1n) is 9.49. The molecule has 1 heterocycles. The Labute approximate surface area is 174 Å². The number of ether oxygens (including phenoxy) is 3. The van der Waals surface area contributed by atoms with Crippen LogP contribution >= 0.6 is 0 Å². The molecule has 4 rings (SSSR count). The van der Waals surface area contributed by atoms with Gasteiger partial charge in [0.25, 0.3) is 0 Å². The first-order valence-corrected chi connectivity index (χ1v) is 9.49. The Morgan fingerprint density at radius 3 is 2.57 bits per heavy atom. The number of ketones is 2. The second-order valence-corrected chi connectivity index (χ2v) is 6.91. The monoisotopic (exact) mass is 400 g/mol. The minimum absolute atomic E-state index is 0.0946. The van der Waals surface area contributed by atoms with Crippen molar-refractivity contribution in [2.24, 2.45) is 0 Å². The Morgan fingerprint density at radius 1 is 1.00 bits per heavy atom. The molecule has 3 aromatic carbocycles. The van der Waals surface area contributed by atoms with Crippen LogP contribution in [0.4, 0.5) is 0 Å². The molecule has 5 nitrogen and oxygen atoms in total. The molecule has 3 aromatic rings. The van der Waals surface area contributed by atoms with E-state index in [2.05, 4.69) is 0 Å². The van der Waals surface area contributed by atoms with Crippen LogP contribution in [0.25, 0.3) is 6.08 Å². The molecule has 30 heavy (non-hydrogen) atoms. The van der Waals surface area contributed by atoms with Gasteiger partial charge in [-0.15, -0.1) is 0 Å². The minimum atomic E-state index is -0.183. The zero-order chi connectivity index (χ0) is 21.1. The third kappa shape index (κ3) is 3.96. The number of hydrogen-bond donors (Lipinski definition) is 0. The van der Waals surface area contributed by atoms with Crippen molar-refractivity contribution in [2.45, 2.75) is 6.92 Å². The third-order valence-corrected chi connectivity index (χ3v) is 4.80. The largest absolute Gasteiger partial charge is 0.497 e. The molecule has 0 fully saturated rings. The third-order valence-electron chi connectivity index (χ3n) is 4.80. The van der Waals surface area contributed by atoms with Crippen molar-refractivity contribution >= 4 is 17.6 Å². The highest BCUT2D eigenvalue weighted by atomic mass is 16.5. The maximum atomic E-state index is 12.8. The molecule has 0 unspecified atom stereocenters. The minimum Gasteiger partial charge on any atom is -0.497 e. The van der Waals surface area contributed by atoms with E-state index in [-0.39, 0.29) is 23.9 Å². The molecule has 150 valence electrons. The standard InChI is InChI=1S/C25H20O5/c1-16-11-20(29-15-21(26)18-8-4-3-5-9-18)14-22-24(16)25(27)23(30-22)13-17-7-6-10-19(12-17)28-2/h3-14H,15H2,1-2H3/b23-13-. The number of rotatable bonds is 6. The summed E-state index contributed by atoms with van der Waals surface area (Å²) in [7, 11) is 1.59. The van der Waals surface area contributed by atoms with E-state index in [9.17, 15) is 9.59 Å². The number of methoxy groups -OCH3 is 1. The van der Waals surface area contributed by atoms with Gasteiger partial charge in [0.2, 0.25) is 5.78 Å². The van der Waals surface area contributed by atoms with Crippen molar-refractivity contribution in [1.82, 2.24) is 0 Å². The lowest BCUT2D eigenvalue weighted by Gasteiger charge is -2.08. The number of carbonyl (C=O) groups is 2. The molecular formula is C25H20O5. The number of aryl methyl sites for hydroxylation is 1. The molecule has 1 aliphatic heterocycles. The molecule has 0 spiro atoms. The summed E-state index contributed by atoms with van der Waals surface area (Å²) in [4.78, 5) is 25.1. The first kappa shape index (κ1) is 19.5. The van der Waals surface area contributed by atoms with E-state index >= 15 is 0 Å². The lowest BCUT2D eigenvalue weighted by atomic mass is 10.0. The van der Waals surface area contributed by atoms with Crippen molar-refractivity contribution < 1.29 is 23.8 Å². The zero-order valence-electron chi connectivity index (χ0n) is 16.7. The van der Waals surface area contributed by atoms with Gasteiger partial charge in [-0.25, -0.2) is 0 Å². The number of allylic oxidation sites excluding steroid dienone is 1. The summed E-state index contributed by atoms with van der Waals surface area (Å²) in [6.07, 6.45) is 1.68. The van der Waals surface area contributed by atoms with Crippen LogP contribution in [0.5, 0.6) is 17.2 Å². The zero-order valence-corrected chi connectivity index (χ0v) is 16.7. The first-order chi connectivity index (χ1) is 14.5. The van der Waals surface area contributed by atoms with E-state index in [1.807, 2.05) is 49.4 Å². The maximum absolute atomic E-state index is 12.8. The van der Waals surface area contributed by atoms with Gasteiger partial charge in [-0.1, -0.05) is 42.5 Å². The smallest absolute Gasteiger partial charge is 0.232 e. The van der Waals surface area contributed by atoms with E-state index < -0.39 is 0 Å². The van der Waals surface area contributed by atoms with Gasteiger partial charge in [0, 0.05) is 11.6 Å².